The summed E-state index contributed by atoms with van der Waals surface area (Å²) < 4.78 is 10.6. The maximum atomic E-state index is 12.4. The molecule has 0 bridgehead atoms. The summed E-state index contributed by atoms with van der Waals surface area (Å²) in [6, 6.07) is 17.2. The van der Waals surface area contributed by atoms with Crippen molar-refractivity contribution in [2.45, 2.75) is 13.0 Å². The molecule has 0 saturated heterocycles. The molecule has 2 aromatic carbocycles. The zero-order valence-corrected chi connectivity index (χ0v) is 15.5. The Labute approximate surface area is 160 Å². The van der Waals surface area contributed by atoms with E-state index in [9.17, 15) is 9.59 Å². The molecule has 0 aliphatic heterocycles. The first kappa shape index (κ1) is 18.6. The number of nitrogens with zero attached hydrogens (tertiary/aromatic N) is 1. The lowest BCUT2D eigenvalue weighted by atomic mass is 10.1. The molecule has 0 atom stereocenters. The quantitative estimate of drug-likeness (QED) is 0.631. The molecular formula is C20H18N2O4S. The zero-order valence-electron chi connectivity index (χ0n) is 14.7. The van der Waals surface area contributed by atoms with E-state index in [0.717, 1.165) is 22.5 Å². The first-order chi connectivity index (χ1) is 13.2. The van der Waals surface area contributed by atoms with Gasteiger partial charge in [0.1, 0.15) is 12.4 Å². The third kappa shape index (κ3) is 4.92. The number of thiazole rings is 1. The molecule has 6 nitrogen and oxygen atoms in total. The molecule has 1 aromatic heterocycles. The van der Waals surface area contributed by atoms with Gasteiger partial charge in [-0.3, -0.25) is 4.79 Å². The molecule has 0 saturated carbocycles. The molecule has 3 rings (SSSR count). The third-order valence-electron chi connectivity index (χ3n) is 3.76. The van der Waals surface area contributed by atoms with Crippen molar-refractivity contribution in [3.05, 3.63) is 76.1 Å². The van der Waals surface area contributed by atoms with Gasteiger partial charge in [-0.15, -0.1) is 11.3 Å². The molecule has 1 heterocycles. The van der Waals surface area contributed by atoms with Gasteiger partial charge in [0.25, 0.3) is 0 Å². The highest BCUT2D eigenvalue weighted by atomic mass is 32.1. The van der Waals surface area contributed by atoms with E-state index in [2.05, 4.69) is 15.0 Å². The number of carbonyl (C=O) groups excluding carboxylic acids is 2. The molecule has 1 N–H and O–H groups in total. The smallest absolute Gasteiger partial charge is 0.351 e. The van der Waals surface area contributed by atoms with Crippen molar-refractivity contribution in [3.63, 3.8) is 0 Å². The fraction of sp³-hybridized carbons (Fsp3) is 0.150. The summed E-state index contributed by atoms with van der Waals surface area (Å²) in [6.07, 6.45) is 0.100. The molecule has 0 unspecified atom stereocenters. The van der Waals surface area contributed by atoms with E-state index < -0.39 is 5.97 Å². The monoisotopic (exact) mass is 382 g/mol. The zero-order chi connectivity index (χ0) is 19.1. The number of hydrogen-bond donors (Lipinski definition) is 1. The number of rotatable bonds is 7. The van der Waals surface area contributed by atoms with Crippen LogP contribution < -0.4 is 10.1 Å². The Kier molecular flexibility index (Phi) is 6.17. The van der Waals surface area contributed by atoms with Gasteiger partial charge in [-0.2, -0.15) is 0 Å². The number of ether oxygens (including phenoxy) is 2. The van der Waals surface area contributed by atoms with Gasteiger partial charge in [-0.25, -0.2) is 9.78 Å². The standard InChI is InChI=1S/C20H18N2O4S/c1-25-20(24)18-19(21-13-27-18)22-17(23)11-15-9-5-6-10-16(15)26-12-14-7-3-2-4-8-14/h2-10,13H,11-12H2,1H3,(H,22,23). The van der Waals surface area contributed by atoms with E-state index in [1.54, 1.807) is 0 Å². The van der Waals surface area contributed by atoms with Crippen LogP contribution in [0.25, 0.3) is 0 Å². The summed E-state index contributed by atoms with van der Waals surface area (Å²) in [5.74, 6) is 0.0312. The Morgan fingerprint density at radius 3 is 2.59 bits per heavy atom. The largest absolute Gasteiger partial charge is 0.489 e. The predicted molar refractivity (Wildman–Crippen MR) is 103 cm³/mol. The maximum absolute atomic E-state index is 12.4. The average Bonchev–Trinajstić information content (AvgIpc) is 3.15. The lowest BCUT2D eigenvalue weighted by Gasteiger charge is -2.11. The van der Waals surface area contributed by atoms with Crippen LogP contribution in [0.3, 0.4) is 0 Å². The van der Waals surface area contributed by atoms with Crippen LogP contribution in [0, 0.1) is 0 Å². The molecule has 0 spiro atoms. The normalized spacial score (nSPS) is 10.3. The van der Waals surface area contributed by atoms with Crippen molar-refractivity contribution in [1.29, 1.82) is 0 Å². The van der Waals surface area contributed by atoms with Crippen LogP contribution in [0.2, 0.25) is 0 Å². The number of aromatic nitrogens is 1. The second kappa shape index (κ2) is 8.95. The van der Waals surface area contributed by atoms with Crippen molar-refractivity contribution in [1.82, 2.24) is 4.98 Å². The number of nitrogens with one attached hydrogen (secondary N) is 1. The molecular weight excluding hydrogens is 364 g/mol. The van der Waals surface area contributed by atoms with Gasteiger partial charge in [-0.1, -0.05) is 48.5 Å². The maximum Gasteiger partial charge on any atom is 0.351 e. The fourth-order valence-electron chi connectivity index (χ4n) is 2.45. The van der Waals surface area contributed by atoms with E-state index in [1.807, 2.05) is 54.6 Å². The highest BCUT2D eigenvalue weighted by Gasteiger charge is 2.18. The van der Waals surface area contributed by atoms with Crippen LogP contribution in [0.4, 0.5) is 5.82 Å². The van der Waals surface area contributed by atoms with Crippen LogP contribution in [-0.4, -0.2) is 24.0 Å². The van der Waals surface area contributed by atoms with Gasteiger partial charge in [-0.05, 0) is 11.6 Å². The fourth-order valence-corrected chi connectivity index (χ4v) is 3.11. The summed E-state index contributed by atoms with van der Waals surface area (Å²) in [6.45, 7) is 0.415. The number of para-hydroxylation sites is 1. The minimum absolute atomic E-state index is 0.100. The molecule has 1 amide bonds. The topological polar surface area (TPSA) is 77.5 Å². The number of benzene rings is 2. The van der Waals surface area contributed by atoms with Gasteiger partial charge >= 0.3 is 5.97 Å². The van der Waals surface area contributed by atoms with Crippen molar-refractivity contribution in [3.8, 4) is 5.75 Å². The van der Waals surface area contributed by atoms with E-state index in [0.29, 0.717) is 12.4 Å². The van der Waals surface area contributed by atoms with Crippen LogP contribution in [-0.2, 0) is 22.6 Å². The van der Waals surface area contributed by atoms with E-state index >= 15 is 0 Å². The molecule has 7 heteroatoms. The van der Waals surface area contributed by atoms with Crippen LogP contribution in [0.15, 0.2) is 60.1 Å². The van der Waals surface area contributed by atoms with E-state index in [1.165, 1.54) is 12.6 Å². The van der Waals surface area contributed by atoms with Crippen molar-refractivity contribution >= 4 is 29.0 Å². The first-order valence-electron chi connectivity index (χ1n) is 8.23. The molecule has 0 aliphatic rings. The second-order valence-corrected chi connectivity index (χ2v) is 6.48. The number of hydrogen-bond acceptors (Lipinski definition) is 6. The minimum atomic E-state index is -0.528. The highest BCUT2D eigenvalue weighted by Crippen LogP contribution is 2.22. The Morgan fingerprint density at radius 2 is 1.81 bits per heavy atom. The summed E-state index contributed by atoms with van der Waals surface area (Å²) in [4.78, 5) is 28.4. The van der Waals surface area contributed by atoms with Crippen molar-refractivity contribution in [2.24, 2.45) is 0 Å². The van der Waals surface area contributed by atoms with Crippen molar-refractivity contribution in [2.75, 3.05) is 12.4 Å². The Hall–Kier alpha value is -3.19. The Morgan fingerprint density at radius 1 is 1.07 bits per heavy atom. The SMILES string of the molecule is COC(=O)c1scnc1NC(=O)Cc1ccccc1OCc1ccccc1. The van der Waals surface area contributed by atoms with Crippen molar-refractivity contribution < 1.29 is 19.1 Å². The summed E-state index contributed by atoms with van der Waals surface area (Å²) in [7, 11) is 1.29. The summed E-state index contributed by atoms with van der Waals surface area (Å²) in [5.41, 5.74) is 3.28. The number of amides is 1. The van der Waals surface area contributed by atoms with Gasteiger partial charge in [0, 0.05) is 5.56 Å². The van der Waals surface area contributed by atoms with Crippen LogP contribution in [0.5, 0.6) is 5.75 Å². The lowest BCUT2D eigenvalue weighted by molar-refractivity contribution is -0.115. The van der Waals surface area contributed by atoms with Gasteiger partial charge < -0.3 is 14.8 Å². The highest BCUT2D eigenvalue weighted by molar-refractivity contribution is 7.12. The molecule has 0 aliphatic carbocycles. The van der Waals surface area contributed by atoms with Crippen LogP contribution >= 0.6 is 11.3 Å². The second-order valence-electron chi connectivity index (χ2n) is 5.63. The van der Waals surface area contributed by atoms with Crippen LogP contribution in [0.1, 0.15) is 20.8 Å². The van der Waals surface area contributed by atoms with E-state index in [4.69, 9.17) is 4.74 Å². The summed E-state index contributed by atoms with van der Waals surface area (Å²) in [5, 5.41) is 2.66. The molecule has 0 radical (unpaired) electrons. The molecule has 3 aromatic rings. The minimum Gasteiger partial charge on any atom is -0.489 e. The summed E-state index contributed by atoms with van der Waals surface area (Å²) >= 11 is 1.11. The lowest BCUT2D eigenvalue weighted by Crippen LogP contribution is -2.17. The number of carbonyl (C=O) groups is 2. The number of anilines is 1. The molecule has 27 heavy (non-hydrogen) atoms. The van der Waals surface area contributed by atoms with E-state index in [-0.39, 0.29) is 23.0 Å². The van der Waals surface area contributed by atoms with Gasteiger partial charge in [0.15, 0.2) is 10.7 Å². The number of methoxy groups -OCH3 is 1. The van der Waals surface area contributed by atoms with Gasteiger partial charge in [0.05, 0.1) is 19.0 Å². The Balaban J connectivity index is 1.66. The van der Waals surface area contributed by atoms with Gasteiger partial charge in [0.2, 0.25) is 5.91 Å². The molecule has 0 fully saturated rings. The first-order valence-corrected chi connectivity index (χ1v) is 9.11. The number of esters is 1. The molecule has 138 valence electrons. The third-order valence-corrected chi connectivity index (χ3v) is 4.56. The Bertz CT molecular complexity index is 924. The predicted octanol–water partition coefficient (Wildman–Crippen LogP) is 3.69. The average molecular weight is 382 g/mol.